The second-order valence-corrected chi connectivity index (χ2v) is 11.9. The summed E-state index contributed by atoms with van der Waals surface area (Å²) in [6.45, 7) is 12.1. The van der Waals surface area contributed by atoms with Crippen molar-refractivity contribution >= 4 is 28.8 Å². The summed E-state index contributed by atoms with van der Waals surface area (Å²) >= 11 is 6.14. The largest absolute Gasteiger partial charge is 0.369 e. The number of hydrogen-bond acceptors (Lipinski definition) is 4. The van der Waals surface area contributed by atoms with Gasteiger partial charge >= 0.3 is 0 Å². The Morgan fingerprint density at radius 3 is 2.46 bits per heavy atom. The molecule has 2 aromatic carbocycles. The number of halogens is 1. The number of nitrogens with zero attached hydrogens (tertiary/aromatic N) is 3. The molecule has 1 aromatic heterocycles. The molecule has 1 unspecified atom stereocenters. The van der Waals surface area contributed by atoms with E-state index < -0.39 is 5.41 Å². The smallest absolute Gasteiger partial charge is 0.269 e. The molecule has 3 aromatic rings. The van der Waals surface area contributed by atoms with E-state index in [9.17, 15) is 4.79 Å². The lowest BCUT2D eigenvalue weighted by Crippen LogP contribution is -2.48. The van der Waals surface area contributed by atoms with Gasteiger partial charge in [-0.1, -0.05) is 80.9 Å². The molecule has 0 radical (unpaired) electrons. The molecule has 1 aliphatic heterocycles. The van der Waals surface area contributed by atoms with E-state index in [1.807, 2.05) is 30.5 Å². The molecular weight excluding hydrogens is 506 g/mol. The highest BCUT2D eigenvalue weighted by Crippen LogP contribution is 2.50. The van der Waals surface area contributed by atoms with Crippen LogP contribution in [0.25, 0.3) is 5.57 Å². The summed E-state index contributed by atoms with van der Waals surface area (Å²) in [5, 5.41) is 11.2. The Morgan fingerprint density at radius 2 is 1.77 bits per heavy atom. The van der Waals surface area contributed by atoms with Crippen LogP contribution in [0.4, 0.5) is 5.69 Å². The van der Waals surface area contributed by atoms with Gasteiger partial charge in [0, 0.05) is 61.0 Å². The fraction of sp³-hybridized carbons (Fsp3) is 0.375. The highest BCUT2D eigenvalue weighted by atomic mass is 35.5. The van der Waals surface area contributed by atoms with Crippen LogP contribution in [-0.4, -0.2) is 60.3 Å². The van der Waals surface area contributed by atoms with Gasteiger partial charge in [0.1, 0.15) is 5.69 Å². The van der Waals surface area contributed by atoms with Crippen molar-refractivity contribution in [1.82, 2.24) is 20.4 Å². The molecule has 5 rings (SSSR count). The lowest BCUT2D eigenvalue weighted by Gasteiger charge is -2.44. The standard InChI is InChI=1S/C32H38ClN5O/c1-31(2,3)32(15-7-8-25(22-32)24-11-13-26(33)14-12-24)28-23-35-36-29(28)30(39)34-16-17-37-18-20-38(21-19-37)27-9-5-4-6-10-27/h4-14,22-23H,15-21H2,1-3H3,(H,34,39)(H,35,36). The maximum Gasteiger partial charge on any atom is 0.269 e. The Kier molecular flexibility index (Phi) is 7.96. The van der Waals surface area contributed by atoms with Crippen molar-refractivity contribution in [2.24, 2.45) is 5.41 Å². The topological polar surface area (TPSA) is 64.3 Å². The number of amides is 1. The molecule has 2 aliphatic rings. The van der Waals surface area contributed by atoms with Crippen LogP contribution in [0.3, 0.4) is 0 Å². The Bertz CT molecular complexity index is 1330. The van der Waals surface area contributed by atoms with Crippen LogP contribution in [0.15, 0.2) is 79.0 Å². The minimum Gasteiger partial charge on any atom is -0.369 e. The number of allylic oxidation sites excluding steroid dienone is 4. The fourth-order valence-corrected chi connectivity index (χ4v) is 5.89. The zero-order chi connectivity index (χ0) is 27.5. The van der Waals surface area contributed by atoms with Gasteiger partial charge in [0.25, 0.3) is 5.91 Å². The quantitative estimate of drug-likeness (QED) is 0.387. The number of aromatic nitrogens is 2. The molecule has 1 aliphatic carbocycles. The number of H-pyrrole nitrogens is 1. The normalized spacial score (nSPS) is 20.1. The molecule has 2 heterocycles. The summed E-state index contributed by atoms with van der Waals surface area (Å²) in [5.41, 5.74) is 4.41. The van der Waals surface area contributed by atoms with Crippen molar-refractivity contribution in [2.45, 2.75) is 32.6 Å². The van der Waals surface area contributed by atoms with E-state index in [0.717, 1.165) is 55.8 Å². The van der Waals surface area contributed by atoms with E-state index in [0.29, 0.717) is 17.3 Å². The minimum absolute atomic E-state index is 0.106. The Morgan fingerprint density at radius 1 is 1.05 bits per heavy atom. The van der Waals surface area contributed by atoms with Gasteiger partial charge in [-0.05, 0) is 47.2 Å². The third-order valence-corrected chi connectivity index (χ3v) is 8.46. The van der Waals surface area contributed by atoms with Gasteiger partial charge in [0.05, 0.1) is 6.20 Å². The number of aromatic amines is 1. The highest BCUT2D eigenvalue weighted by molar-refractivity contribution is 6.30. The SMILES string of the molecule is CC(C)(C)C1(c2cn[nH]c2C(=O)NCCN2CCN(c3ccccc3)CC2)C=C(c2ccc(Cl)cc2)C=CC1. The minimum atomic E-state index is -0.399. The zero-order valence-electron chi connectivity index (χ0n) is 23.1. The second-order valence-electron chi connectivity index (χ2n) is 11.5. The fourth-order valence-electron chi connectivity index (χ4n) is 5.76. The van der Waals surface area contributed by atoms with Crippen molar-refractivity contribution in [3.63, 3.8) is 0 Å². The monoisotopic (exact) mass is 543 g/mol. The van der Waals surface area contributed by atoms with Gasteiger partial charge in [-0.2, -0.15) is 5.10 Å². The molecule has 1 fully saturated rings. The van der Waals surface area contributed by atoms with E-state index >= 15 is 0 Å². The van der Waals surface area contributed by atoms with Crippen molar-refractivity contribution in [3.05, 3.63) is 101 Å². The van der Waals surface area contributed by atoms with Crippen LogP contribution in [0.5, 0.6) is 0 Å². The lowest BCUT2D eigenvalue weighted by molar-refractivity contribution is 0.0938. The van der Waals surface area contributed by atoms with Gasteiger partial charge in [-0.15, -0.1) is 0 Å². The van der Waals surface area contributed by atoms with Gasteiger partial charge in [-0.25, -0.2) is 0 Å². The third-order valence-electron chi connectivity index (χ3n) is 8.21. The molecule has 0 spiro atoms. The van der Waals surface area contributed by atoms with Crippen LogP contribution in [0, 0.1) is 5.41 Å². The van der Waals surface area contributed by atoms with Crippen molar-refractivity contribution in [1.29, 1.82) is 0 Å². The van der Waals surface area contributed by atoms with Crippen molar-refractivity contribution in [2.75, 3.05) is 44.2 Å². The summed E-state index contributed by atoms with van der Waals surface area (Å²) in [6, 6.07) is 18.5. The number of carbonyl (C=O) groups excluding carboxylic acids is 1. The van der Waals surface area contributed by atoms with E-state index in [1.54, 1.807) is 0 Å². The molecule has 7 heteroatoms. The maximum absolute atomic E-state index is 13.4. The molecule has 1 amide bonds. The van der Waals surface area contributed by atoms with Crippen LogP contribution < -0.4 is 10.2 Å². The van der Waals surface area contributed by atoms with E-state index in [-0.39, 0.29) is 11.3 Å². The average Bonchev–Trinajstić information content (AvgIpc) is 3.44. The van der Waals surface area contributed by atoms with Crippen molar-refractivity contribution < 1.29 is 4.79 Å². The first-order valence-corrected chi connectivity index (χ1v) is 14.1. The Balaban J connectivity index is 1.27. The number of anilines is 1. The highest BCUT2D eigenvalue weighted by Gasteiger charge is 2.45. The molecule has 0 saturated carbocycles. The van der Waals surface area contributed by atoms with Gasteiger partial charge in [-0.3, -0.25) is 14.8 Å². The summed E-state index contributed by atoms with van der Waals surface area (Å²) in [4.78, 5) is 18.3. The van der Waals surface area contributed by atoms with Crippen LogP contribution in [0.1, 0.15) is 48.8 Å². The predicted octanol–water partition coefficient (Wildman–Crippen LogP) is 5.94. The molecule has 204 valence electrons. The van der Waals surface area contributed by atoms with Gasteiger partial charge in [0.2, 0.25) is 0 Å². The number of benzene rings is 2. The number of piperazine rings is 1. The molecule has 1 atom stereocenters. The van der Waals surface area contributed by atoms with Crippen LogP contribution >= 0.6 is 11.6 Å². The van der Waals surface area contributed by atoms with Gasteiger partial charge in [0.15, 0.2) is 0 Å². The van der Waals surface area contributed by atoms with E-state index in [1.165, 1.54) is 5.69 Å². The number of para-hydroxylation sites is 1. The van der Waals surface area contributed by atoms with Crippen LogP contribution in [0.2, 0.25) is 5.02 Å². The third kappa shape index (κ3) is 5.82. The van der Waals surface area contributed by atoms with Crippen molar-refractivity contribution in [3.8, 4) is 0 Å². The summed E-state index contributed by atoms with van der Waals surface area (Å²) in [5.74, 6) is -0.106. The van der Waals surface area contributed by atoms with Gasteiger partial charge < -0.3 is 10.2 Å². The number of nitrogens with one attached hydrogen (secondary N) is 2. The van der Waals surface area contributed by atoms with E-state index in [2.05, 4.69) is 94.6 Å². The van der Waals surface area contributed by atoms with E-state index in [4.69, 9.17) is 11.6 Å². The summed E-state index contributed by atoms with van der Waals surface area (Å²) in [7, 11) is 0. The first-order valence-electron chi connectivity index (χ1n) is 13.8. The Hall–Kier alpha value is -3.35. The Labute approximate surface area is 236 Å². The predicted molar refractivity (Wildman–Crippen MR) is 160 cm³/mol. The zero-order valence-corrected chi connectivity index (χ0v) is 23.8. The summed E-state index contributed by atoms with van der Waals surface area (Å²) < 4.78 is 0. The number of carbonyl (C=O) groups is 1. The molecule has 0 bridgehead atoms. The molecule has 2 N–H and O–H groups in total. The second kappa shape index (κ2) is 11.4. The molecular formula is C32H38ClN5O. The summed E-state index contributed by atoms with van der Waals surface area (Å²) in [6.07, 6.45) is 9.30. The number of rotatable bonds is 7. The maximum atomic E-state index is 13.4. The van der Waals surface area contributed by atoms with Crippen LogP contribution in [-0.2, 0) is 5.41 Å². The number of hydrogen-bond donors (Lipinski definition) is 2. The first-order chi connectivity index (χ1) is 18.8. The molecule has 6 nitrogen and oxygen atoms in total. The molecule has 39 heavy (non-hydrogen) atoms. The lowest BCUT2D eigenvalue weighted by atomic mass is 9.58. The average molecular weight is 544 g/mol. The first kappa shape index (κ1) is 27.2. The molecule has 1 saturated heterocycles.